The molecule has 14 heteroatoms. The third-order valence-corrected chi connectivity index (χ3v) is 8.15. The molecule has 2 aromatic heterocycles. The lowest BCUT2D eigenvalue weighted by Crippen LogP contribution is -2.50. The number of para-hydroxylation sites is 2. The number of Topliss-reactive ketones (excluding diaryl/α,β-unsaturated/α-hetero) is 1. The minimum atomic E-state index is -3.84. The van der Waals surface area contributed by atoms with Gasteiger partial charge in [-0.1, -0.05) is 55.8 Å². The Morgan fingerprint density at radius 3 is 2.49 bits per heavy atom. The number of rotatable bonds is 13. The number of nitrogens with one attached hydrogen (secondary N) is 2. The first-order valence-electron chi connectivity index (χ1n) is 12.0. The van der Waals surface area contributed by atoms with Gasteiger partial charge in [0.25, 0.3) is 5.89 Å². The van der Waals surface area contributed by atoms with Gasteiger partial charge >= 0.3 is 5.00 Å². The molecule has 1 amide bonds. The highest BCUT2D eigenvalue weighted by Gasteiger charge is 2.32. The molecule has 2 atom stereocenters. The summed E-state index contributed by atoms with van der Waals surface area (Å²) in [6.07, 6.45) is 1.78. The second kappa shape index (κ2) is 12.1. The smallest absolute Gasteiger partial charge is 0.345 e. The van der Waals surface area contributed by atoms with E-state index in [4.69, 9.17) is 4.42 Å². The predicted molar refractivity (Wildman–Crippen MR) is 145 cm³/mol. The predicted octanol–water partition coefficient (Wildman–Crippen LogP) is 3.76. The number of hydrogen-bond acceptors (Lipinski definition) is 11. The van der Waals surface area contributed by atoms with E-state index in [0.29, 0.717) is 34.4 Å². The van der Waals surface area contributed by atoms with Crippen molar-refractivity contribution in [1.29, 1.82) is 0 Å². The van der Waals surface area contributed by atoms with Crippen LogP contribution in [-0.4, -0.2) is 52.8 Å². The van der Waals surface area contributed by atoms with Crippen molar-refractivity contribution in [2.24, 2.45) is 0 Å². The van der Waals surface area contributed by atoms with Crippen LogP contribution in [0.2, 0.25) is 0 Å². The van der Waals surface area contributed by atoms with Crippen LogP contribution in [0.25, 0.3) is 11.1 Å². The van der Waals surface area contributed by atoms with Crippen LogP contribution in [0.5, 0.6) is 0 Å². The molecule has 0 aliphatic rings. The summed E-state index contributed by atoms with van der Waals surface area (Å²) in [5, 5.41) is 16.1. The van der Waals surface area contributed by atoms with E-state index in [1.165, 1.54) is 0 Å². The Labute approximate surface area is 227 Å². The molecular weight excluding hydrogens is 546 g/mol. The molecule has 4 rings (SSSR count). The topological polar surface area (TPSA) is 174 Å². The van der Waals surface area contributed by atoms with Gasteiger partial charge in [0, 0.05) is 0 Å². The van der Waals surface area contributed by atoms with E-state index in [2.05, 4.69) is 20.6 Å². The number of aromatic nitrogens is 2. The first-order chi connectivity index (χ1) is 18.6. The van der Waals surface area contributed by atoms with Gasteiger partial charge in [0.2, 0.25) is 11.7 Å². The Balaban J connectivity index is 1.57. The Bertz CT molecular complexity index is 1550. The van der Waals surface area contributed by atoms with Crippen molar-refractivity contribution < 1.29 is 27.3 Å². The van der Waals surface area contributed by atoms with Gasteiger partial charge in [0.05, 0.1) is 22.5 Å². The highest BCUT2D eigenvalue weighted by molar-refractivity contribution is 7.90. The van der Waals surface area contributed by atoms with E-state index in [1.807, 2.05) is 6.92 Å². The van der Waals surface area contributed by atoms with Gasteiger partial charge in [0.15, 0.2) is 20.6 Å². The summed E-state index contributed by atoms with van der Waals surface area (Å²) in [5.74, 6) is -2.48. The molecule has 2 heterocycles. The Kier molecular flexibility index (Phi) is 8.66. The number of hydrogen-bond donors (Lipinski definition) is 2. The maximum absolute atomic E-state index is 13.4. The van der Waals surface area contributed by atoms with Crippen molar-refractivity contribution in [3.05, 3.63) is 82.4 Å². The third kappa shape index (κ3) is 7.23. The molecule has 2 aromatic carbocycles. The normalized spacial score (nSPS) is 13.1. The molecule has 2 N–H and O–H groups in total. The van der Waals surface area contributed by atoms with Crippen molar-refractivity contribution in [3.63, 3.8) is 0 Å². The van der Waals surface area contributed by atoms with Gasteiger partial charge in [-0.05, 0) is 35.5 Å². The maximum Gasteiger partial charge on any atom is 0.345 e. The van der Waals surface area contributed by atoms with Gasteiger partial charge < -0.3 is 15.1 Å². The van der Waals surface area contributed by atoms with E-state index in [9.17, 15) is 28.1 Å². The standard InChI is InChI=1S/C25H25N5O7S2/c1-2-8-18(22(31)24-28-17-11-6-7-12-20(17)37-24)27-23(32)19(29-25-26-13-21(38-25)30(33)34)15-39(35,36)14-16-9-4-3-5-10-16/h3-7,9-13,18-19H,2,8,14-15H2,1H3,(H,26,29)(H,27,32)/t18?,19-/m0/s1. The molecule has 0 spiro atoms. The van der Waals surface area contributed by atoms with Crippen molar-refractivity contribution in [2.75, 3.05) is 11.1 Å². The molecule has 0 aliphatic carbocycles. The Hall–Kier alpha value is -4.17. The molecule has 0 aliphatic heterocycles. The second-order valence-electron chi connectivity index (χ2n) is 8.70. The van der Waals surface area contributed by atoms with Crippen molar-refractivity contribution in [3.8, 4) is 0 Å². The number of carbonyl (C=O) groups is 2. The number of thiazole rings is 1. The fraction of sp³-hybridized carbons (Fsp3) is 0.280. The van der Waals surface area contributed by atoms with Crippen molar-refractivity contribution in [2.45, 2.75) is 37.6 Å². The number of benzene rings is 2. The molecule has 0 saturated carbocycles. The largest absolute Gasteiger partial charge is 0.434 e. The zero-order valence-electron chi connectivity index (χ0n) is 20.8. The average Bonchev–Trinajstić information content (AvgIpc) is 3.55. The summed E-state index contributed by atoms with van der Waals surface area (Å²) in [5.41, 5.74) is 1.44. The zero-order valence-corrected chi connectivity index (χ0v) is 22.4. The molecule has 204 valence electrons. The molecule has 12 nitrogen and oxygen atoms in total. The Morgan fingerprint density at radius 2 is 1.82 bits per heavy atom. The van der Waals surface area contributed by atoms with Crippen LogP contribution in [0.3, 0.4) is 0 Å². The summed E-state index contributed by atoms with van der Waals surface area (Å²) < 4.78 is 31.7. The average molecular weight is 572 g/mol. The zero-order chi connectivity index (χ0) is 28.0. The first kappa shape index (κ1) is 27.9. The molecule has 4 aromatic rings. The highest BCUT2D eigenvalue weighted by Crippen LogP contribution is 2.26. The number of nitrogens with zero attached hydrogens (tertiary/aromatic N) is 3. The van der Waals surface area contributed by atoms with Crippen LogP contribution in [0.1, 0.15) is 36.0 Å². The number of carbonyl (C=O) groups excluding carboxylic acids is 2. The van der Waals surface area contributed by atoms with Gasteiger partial charge in [0.1, 0.15) is 17.8 Å². The van der Waals surface area contributed by atoms with Gasteiger partial charge in [-0.15, -0.1) is 0 Å². The minimum Gasteiger partial charge on any atom is -0.434 e. The number of fused-ring (bicyclic) bond motifs is 1. The van der Waals surface area contributed by atoms with Crippen molar-refractivity contribution >= 4 is 54.1 Å². The van der Waals surface area contributed by atoms with Crippen LogP contribution < -0.4 is 10.6 Å². The number of nitro groups is 1. The van der Waals surface area contributed by atoms with Gasteiger partial charge in [-0.25, -0.2) is 18.4 Å². The van der Waals surface area contributed by atoms with E-state index in [-0.39, 0.29) is 28.2 Å². The summed E-state index contributed by atoms with van der Waals surface area (Å²) >= 11 is 0.663. The van der Waals surface area contributed by atoms with E-state index >= 15 is 0 Å². The summed E-state index contributed by atoms with van der Waals surface area (Å²) in [7, 11) is -3.84. The SMILES string of the molecule is CCCC(NC(=O)[C@H](CS(=O)(=O)Cc1ccccc1)Nc1ncc([N+](=O)[O-])s1)C(=O)c1nc2ccccc2o1. The molecule has 0 fully saturated rings. The molecule has 0 bridgehead atoms. The van der Waals surface area contributed by atoms with Crippen LogP contribution in [0.15, 0.2) is 65.2 Å². The van der Waals surface area contributed by atoms with Gasteiger partial charge in [-0.3, -0.25) is 19.7 Å². The summed E-state index contributed by atoms with van der Waals surface area (Å²) in [6.45, 7) is 1.83. The molecule has 39 heavy (non-hydrogen) atoms. The van der Waals surface area contributed by atoms with Gasteiger partial charge in [-0.2, -0.15) is 0 Å². The number of ketones is 1. The fourth-order valence-electron chi connectivity index (χ4n) is 3.85. The van der Waals surface area contributed by atoms with Crippen LogP contribution in [0.4, 0.5) is 10.1 Å². The van der Waals surface area contributed by atoms with Crippen LogP contribution >= 0.6 is 11.3 Å². The van der Waals surface area contributed by atoms with Crippen LogP contribution in [0, 0.1) is 10.1 Å². The quantitative estimate of drug-likeness (QED) is 0.137. The van der Waals surface area contributed by atoms with Crippen molar-refractivity contribution in [1.82, 2.24) is 15.3 Å². The van der Waals surface area contributed by atoms with E-state index < -0.39 is 44.3 Å². The summed E-state index contributed by atoms with van der Waals surface area (Å²) in [6, 6.07) is 12.9. The number of amides is 1. The number of anilines is 1. The monoisotopic (exact) mass is 571 g/mol. The lowest BCUT2D eigenvalue weighted by atomic mass is 10.1. The highest BCUT2D eigenvalue weighted by atomic mass is 32.2. The van der Waals surface area contributed by atoms with Crippen LogP contribution in [-0.2, 0) is 20.4 Å². The lowest BCUT2D eigenvalue weighted by molar-refractivity contribution is -0.380. The maximum atomic E-state index is 13.4. The number of sulfone groups is 1. The minimum absolute atomic E-state index is 0.00548. The fourth-order valence-corrected chi connectivity index (χ4v) is 6.09. The van der Waals surface area contributed by atoms with E-state index in [1.54, 1.807) is 54.6 Å². The van der Waals surface area contributed by atoms with E-state index in [0.717, 1.165) is 6.20 Å². The molecule has 0 radical (unpaired) electrons. The molecular formula is C25H25N5O7S2. The third-order valence-electron chi connectivity index (χ3n) is 5.65. The number of oxazole rings is 1. The second-order valence-corrected chi connectivity index (χ2v) is 11.8. The summed E-state index contributed by atoms with van der Waals surface area (Å²) in [4.78, 5) is 45.2. The molecule has 1 unspecified atom stereocenters. The molecule has 0 saturated heterocycles. The Morgan fingerprint density at radius 1 is 1.10 bits per heavy atom. The first-order valence-corrected chi connectivity index (χ1v) is 14.6. The lowest BCUT2D eigenvalue weighted by Gasteiger charge is -2.22.